The zero-order chi connectivity index (χ0) is 16.4. The summed E-state index contributed by atoms with van der Waals surface area (Å²) in [5.41, 5.74) is 1.58. The maximum Gasteiger partial charge on any atom is 0.264 e. The molecule has 0 spiro atoms. The van der Waals surface area contributed by atoms with Crippen LogP contribution in [0.5, 0.6) is 5.75 Å². The van der Waals surface area contributed by atoms with Crippen LogP contribution in [-0.4, -0.2) is 26.9 Å². The quantitative estimate of drug-likeness (QED) is 0.791. The first kappa shape index (κ1) is 16.1. The Balaban J connectivity index is 2.11. The van der Waals surface area contributed by atoms with E-state index in [4.69, 9.17) is 16.3 Å². The fourth-order valence-electron chi connectivity index (χ4n) is 2.69. The van der Waals surface area contributed by atoms with Crippen molar-refractivity contribution in [3.05, 3.63) is 54.1 Å². The van der Waals surface area contributed by atoms with Gasteiger partial charge in [-0.2, -0.15) is 0 Å². The summed E-state index contributed by atoms with van der Waals surface area (Å²) < 4.78 is 33.5. The van der Waals surface area contributed by atoms with Crippen LogP contribution in [-0.2, 0) is 10.0 Å². The number of hydrogen-bond donors (Lipinski definition) is 0. The van der Waals surface area contributed by atoms with Gasteiger partial charge in [-0.25, -0.2) is 8.42 Å². The summed E-state index contributed by atoms with van der Waals surface area (Å²) >= 11 is 5.87. The molecule has 1 heterocycles. The number of anilines is 1. The Morgan fingerprint density at radius 3 is 2.57 bits per heavy atom. The van der Waals surface area contributed by atoms with E-state index in [2.05, 4.69) is 0 Å². The van der Waals surface area contributed by atoms with E-state index in [9.17, 15) is 8.42 Å². The van der Waals surface area contributed by atoms with Crippen LogP contribution >= 0.6 is 11.6 Å². The second-order valence-electron chi connectivity index (χ2n) is 5.52. The van der Waals surface area contributed by atoms with Gasteiger partial charge in [0.15, 0.2) is 0 Å². The first-order valence-electron chi connectivity index (χ1n) is 7.43. The highest BCUT2D eigenvalue weighted by Gasteiger charge is 2.36. The smallest absolute Gasteiger partial charge is 0.264 e. The summed E-state index contributed by atoms with van der Waals surface area (Å²) in [7, 11) is -3.67. The van der Waals surface area contributed by atoms with Crippen LogP contribution in [0, 0.1) is 6.92 Å². The number of fused-ring (bicyclic) bond motifs is 1. The van der Waals surface area contributed by atoms with Crippen molar-refractivity contribution in [1.82, 2.24) is 0 Å². The summed E-state index contributed by atoms with van der Waals surface area (Å²) in [5, 5.41) is 0. The SMILES string of the molecule is Cc1ccc(S(=O)(=O)N2c3ccccc3OCC2CCCl)cc1. The topological polar surface area (TPSA) is 46.6 Å². The number of halogens is 1. The van der Waals surface area contributed by atoms with Crippen molar-refractivity contribution in [2.24, 2.45) is 0 Å². The summed E-state index contributed by atoms with van der Waals surface area (Å²) in [4.78, 5) is 0.277. The number of hydrogen-bond acceptors (Lipinski definition) is 3. The van der Waals surface area contributed by atoms with E-state index in [0.717, 1.165) is 5.56 Å². The second kappa shape index (κ2) is 6.42. The molecule has 0 fully saturated rings. The third-order valence-electron chi connectivity index (χ3n) is 3.89. The van der Waals surface area contributed by atoms with Gasteiger partial charge in [0, 0.05) is 5.88 Å². The number of rotatable bonds is 4. The minimum Gasteiger partial charge on any atom is -0.489 e. The largest absolute Gasteiger partial charge is 0.489 e. The lowest BCUT2D eigenvalue weighted by Gasteiger charge is -2.37. The highest BCUT2D eigenvalue weighted by molar-refractivity contribution is 7.92. The van der Waals surface area contributed by atoms with Crippen molar-refractivity contribution in [1.29, 1.82) is 0 Å². The lowest BCUT2D eigenvalue weighted by Crippen LogP contribution is -2.47. The minimum absolute atomic E-state index is 0.277. The molecular weight excluding hydrogens is 334 g/mol. The zero-order valence-corrected chi connectivity index (χ0v) is 14.3. The molecule has 1 aliphatic rings. The number of alkyl halides is 1. The maximum absolute atomic E-state index is 13.2. The van der Waals surface area contributed by atoms with Crippen LogP contribution in [0.3, 0.4) is 0 Å². The number of sulfonamides is 1. The predicted molar refractivity (Wildman–Crippen MR) is 91.9 cm³/mol. The standard InChI is InChI=1S/C17H18ClNO3S/c1-13-6-8-15(9-7-13)23(20,21)19-14(10-11-18)12-22-17-5-3-2-4-16(17)19/h2-9,14H,10-12H2,1H3. The van der Waals surface area contributed by atoms with E-state index < -0.39 is 10.0 Å². The van der Waals surface area contributed by atoms with Crippen LogP contribution in [0.15, 0.2) is 53.4 Å². The normalized spacial score (nSPS) is 17.5. The molecule has 0 radical (unpaired) electrons. The number of para-hydroxylation sites is 2. The van der Waals surface area contributed by atoms with Gasteiger partial charge < -0.3 is 4.74 Å². The second-order valence-corrected chi connectivity index (χ2v) is 7.72. The Morgan fingerprint density at radius 2 is 1.87 bits per heavy atom. The third-order valence-corrected chi connectivity index (χ3v) is 5.98. The van der Waals surface area contributed by atoms with Gasteiger partial charge in [0.05, 0.1) is 16.6 Å². The number of ether oxygens (including phenoxy) is 1. The van der Waals surface area contributed by atoms with Gasteiger partial charge in [0.1, 0.15) is 12.4 Å². The van der Waals surface area contributed by atoms with Crippen molar-refractivity contribution in [3.63, 3.8) is 0 Å². The van der Waals surface area contributed by atoms with Gasteiger partial charge in [-0.15, -0.1) is 11.6 Å². The highest BCUT2D eigenvalue weighted by Crippen LogP contribution is 2.38. The summed E-state index contributed by atoms with van der Waals surface area (Å²) in [6, 6.07) is 13.8. The molecule has 23 heavy (non-hydrogen) atoms. The Hall–Kier alpha value is -1.72. The third kappa shape index (κ3) is 3.03. The van der Waals surface area contributed by atoms with Gasteiger partial charge >= 0.3 is 0 Å². The summed E-state index contributed by atoms with van der Waals surface area (Å²) in [6.07, 6.45) is 0.529. The van der Waals surface area contributed by atoms with Crippen LogP contribution in [0.2, 0.25) is 0 Å². The first-order chi connectivity index (χ1) is 11.0. The molecule has 0 saturated heterocycles. The van der Waals surface area contributed by atoms with E-state index in [1.54, 1.807) is 36.4 Å². The molecule has 0 N–H and O–H groups in total. The Kier molecular flexibility index (Phi) is 4.50. The average molecular weight is 352 g/mol. The molecule has 6 heteroatoms. The van der Waals surface area contributed by atoms with Gasteiger partial charge in [-0.1, -0.05) is 29.8 Å². The molecule has 2 aromatic carbocycles. The Morgan fingerprint density at radius 1 is 1.17 bits per heavy atom. The van der Waals surface area contributed by atoms with E-state index >= 15 is 0 Å². The molecule has 1 unspecified atom stereocenters. The molecule has 4 nitrogen and oxygen atoms in total. The van der Waals surface area contributed by atoms with Crippen LogP contribution < -0.4 is 9.04 Å². The van der Waals surface area contributed by atoms with E-state index in [1.165, 1.54) is 4.31 Å². The summed E-state index contributed by atoms with van der Waals surface area (Å²) in [6.45, 7) is 2.23. The number of aryl methyl sites for hydroxylation is 1. The van der Waals surface area contributed by atoms with Crippen molar-refractivity contribution in [3.8, 4) is 5.75 Å². The highest BCUT2D eigenvalue weighted by atomic mass is 35.5. The number of nitrogens with zero attached hydrogens (tertiary/aromatic N) is 1. The first-order valence-corrected chi connectivity index (χ1v) is 9.40. The molecule has 0 amide bonds. The molecule has 0 aliphatic carbocycles. The molecule has 2 aromatic rings. The van der Waals surface area contributed by atoms with Crippen LogP contribution in [0.4, 0.5) is 5.69 Å². The lowest BCUT2D eigenvalue weighted by molar-refractivity contribution is 0.271. The molecule has 1 aliphatic heterocycles. The maximum atomic E-state index is 13.2. The lowest BCUT2D eigenvalue weighted by atomic mass is 10.1. The number of benzene rings is 2. The molecular formula is C17H18ClNO3S. The monoisotopic (exact) mass is 351 g/mol. The van der Waals surface area contributed by atoms with Crippen molar-refractivity contribution in [2.45, 2.75) is 24.3 Å². The fraction of sp³-hybridized carbons (Fsp3) is 0.294. The van der Waals surface area contributed by atoms with E-state index in [0.29, 0.717) is 30.3 Å². The van der Waals surface area contributed by atoms with Crippen LogP contribution in [0.25, 0.3) is 0 Å². The van der Waals surface area contributed by atoms with Crippen LogP contribution in [0.1, 0.15) is 12.0 Å². The van der Waals surface area contributed by atoms with Crippen molar-refractivity contribution < 1.29 is 13.2 Å². The Labute approximate surface area is 141 Å². The molecule has 1 atom stereocenters. The summed E-state index contributed by atoms with van der Waals surface area (Å²) in [5.74, 6) is 0.949. The molecule has 0 bridgehead atoms. The molecule has 0 aromatic heterocycles. The minimum atomic E-state index is -3.67. The molecule has 0 saturated carbocycles. The Bertz CT molecular complexity index is 790. The average Bonchev–Trinajstić information content (AvgIpc) is 2.55. The van der Waals surface area contributed by atoms with Gasteiger partial charge in [-0.05, 0) is 37.6 Å². The van der Waals surface area contributed by atoms with E-state index in [1.807, 2.05) is 19.1 Å². The van der Waals surface area contributed by atoms with E-state index in [-0.39, 0.29) is 10.9 Å². The predicted octanol–water partition coefficient (Wildman–Crippen LogP) is 3.58. The van der Waals surface area contributed by atoms with Crippen molar-refractivity contribution >= 4 is 27.3 Å². The molecule has 122 valence electrons. The zero-order valence-electron chi connectivity index (χ0n) is 12.8. The van der Waals surface area contributed by atoms with Gasteiger partial charge in [0.25, 0.3) is 10.0 Å². The van der Waals surface area contributed by atoms with Gasteiger partial charge in [0.2, 0.25) is 0 Å². The fourth-order valence-corrected chi connectivity index (χ4v) is 4.62. The molecule has 3 rings (SSSR count). The van der Waals surface area contributed by atoms with Gasteiger partial charge in [-0.3, -0.25) is 4.31 Å². The van der Waals surface area contributed by atoms with Crippen molar-refractivity contribution in [2.75, 3.05) is 16.8 Å².